The zero-order chi connectivity index (χ0) is 16.4. The minimum Gasteiger partial charge on any atom is -0.334 e. The van der Waals surface area contributed by atoms with Crippen LogP contribution >= 0.6 is 11.8 Å². The van der Waals surface area contributed by atoms with Crippen LogP contribution in [0.2, 0.25) is 0 Å². The van der Waals surface area contributed by atoms with Gasteiger partial charge >= 0.3 is 0 Å². The second kappa shape index (κ2) is 6.93. The van der Waals surface area contributed by atoms with Crippen molar-refractivity contribution in [2.24, 2.45) is 0 Å². The van der Waals surface area contributed by atoms with Crippen LogP contribution in [0.3, 0.4) is 0 Å². The Morgan fingerprint density at radius 1 is 1.30 bits per heavy atom. The van der Waals surface area contributed by atoms with Crippen LogP contribution in [0.15, 0.2) is 24.3 Å². The highest BCUT2D eigenvalue weighted by Crippen LogP contribution is 2.39. The van der Waals surface area contributed by atoms with E-state index in [1.165, 1.54) is 10.5 Å². The lowest BCUT2D eigenvalue weighted by Gasteiger charge is -2.32. The summed E-state index contributed by atoms with van der Waals surface area (Å²) in [5.74, 6) is 0.599. The number of hydrogen-bond donors (Lipinski definition) is 1. The molecule has 6 heteroatoms. The van der Waals surface area contributed by atoms with Gasteiger partial charge in [0.1, 0.15) is 11.9 Å². The summed E-state index contributed by atoms with van der Waals surface area (Å²) in [6.45, 7) is 5.79. The fourth-order valence-corrected chi connectivity index (χ4v) is 4.41. The van der Waals surface area contributed by atoms with Crippen molar-refractivity contribution in [1.29, 1.82) is 0 Å². The number of aryl methyl sites for hydroxylation is 1. The average molecular weight is 334 g/mol. The number of nitrogens with one attached hydrogen (secondary N) is 1. The molecule has 2 aliphatic heterocycles. The SMILES string of the molecule is Cc1ccccc1[C@H]1SCC(=O)N1CC(=O)N1CC[NH+](C)CC1. The molecular weight excluding hydrogens is 310 g/mol. The summed E-state index contributed by atoms with van der Waals surface area (Å²) >= 11 is 1.62. The molecule has 0 unspecified atom stereocenters. The van der Waals surface area contributed by atoms with Gasteiger partial charge in [-0.2, -0.15) is 0 Å². The van der Waals surface area contributed by atoms with Gasteiger partial charge in [-0.15, -0.1) is 11.8 Å². The molecule has 2 saturated heterocycles. The lowest BCUT2D eigenvalue weighted by atomic mass is 10.1. The van der Waals surface area contributed by atoms with Crippen LogP contribution in [0.25, 0.3) is 0 Å². The van der Waals surface area contributed by atoms with E-state index in [4.69, 9.17) is 0 Å². The molecule has 0 spiro atoms. The molecule has 2 heterocycles. The molecule has 0 saturated carbocycles. The van der Waals surface area contributed by atoms with E-state index in [-0.39, 0.29) is 23.7 Å². The first kappa shape index (κ1) is 16.3. The highest BCUT2D eigenvalue weighted by molar-refractivity contribution is 8.00. The Hall–Kier alpha value is -1.53. The van der Waals surface area contributed by atoms with Crippen molar-refractivity contribution < 1.29 is 14.5 Å². The van der Waals surface area contributed by atoms with Gasteiger partial charge in [-0.25, -0.2) is 0 Å². The molecule has 2 amide bonds. The van der Waals surface area contributed by atoms with Crippen LogP contribution in [0.4, 0.5) is 0 Å². The maximum absolute atomic E-state index is 12.6. The van der Waals surface area contributed by atoms with Gasteiger partial charge in [-0.05, 0) is 18.1 Å². The van der Waals surface area contributed by atoms with E-state index in [1.807, 2.05) is 17.0 Å². The summed E-state index contributed by atoms with van der Waals surface area (Å²) in [6.07, 6.45) is 0. The van der Waals surface area contributed by atoms with Crippen molar-refractivity contribution in [3.05, 3.63) is 35.4 Å². The van der Waals surface area contributed by atoms with E-state index in [9.17, 15) is 9.59 Å². The number of amides is 2. The standard InChI is InChI=1S/C17H23N3O2S/c1-13-5-3-4-6-14(13)17-20(16(22)12-23-17)11-15(21)19-9-7-18(2)8-10-19/h3-6,17H,7-12H2,1-2H3/p+1/t17-/m1/s1. The number of piperazine rings is 1. The zero-order valence-electron chi connectivity index (χ0n) is 13.7. The molecule has 1 aromatic rings. The number of carbonyl (C=O) groups is 2. The van der Waals surface area contributed by atoms with E-state index >= 15 is 0 Å². The van der Waals surface area contributed by atoms with E-state index in [0.29, 0.717) is 5.75 Å². The maximum atomic E-state index is 12.6. The number of likely N-dealkylation sites (N-methyl/N-ethyl adjacent to an activating group) is 1. The van der Waals surface area contributed by atoms with Gasteiger partial charge in [-0.1, -0.05) is 24.3 Å². The quantitative estimate of drug-likeness (QED) is 0.841. The number of rotatable bonds is 3. The topological polar surface area (TPSA) is 45.1 Å². The molecular formula is C17H24N3O2S+. The molecule has 0 bridgehead atoms. The second-order valence-corrected chi connectivity index (χ2v) is 7.45. The second-order valence-electron chi connectivity index (χ2n) is 6.38. The van der Waals surface area contributed by atoms with E-state index < -0.39 is 0 Å². The van der Waals surface area contributed by atoms with Crippen molar-refractivity contribution in [2.75, 3.05) is 45.5 Å². The summed E-state index contributed by atoms with van der Waals surface area (Å²) in [7, 11) is 2.15. The third kappa shape index (κ3) is 3.53. The number of hydrogen-bond acceptors (Lipinski definition) is 3. The first-order valence-electron chi connectivity index (χ1n) is 8.12. The predicted molar refractivity (Wildman–Crippen MR) is 91.3 cm³/mol. The summed E-state index contributed by atoms with van der Waals surface area (Å²) in [5, 5.41) is -0.0364. The van der Waals surface area contributed by atoms with Crippen molar-refractivity contribution in [1.82, 2.24) is 9.80 Å². The molecule has 124 valence electrons. The van der Waals surface area contributed by atoms with Crippen molar-refractivity contribution in [3.63, 3.8) is 0 Å². The fraction of sp³-hybridized carbons (Fsp3) is 0.529. The van der Waals surface area contributed by atoms with Gasteiger partial charge in [-0.3, -0.25) is 9.59 Å². The number of quaternary nitrogens is 1. The number of thioether (sulfide) groups is 1. The summed E-state index contributed by atoms with van der Waals surface area (Å²) in [6, 6.07) is 8.11. The number of carbonyl (C=O) groups excluding carboxylic acids is 2. The fourth-order valence-electron chi connectivity index (χ4n) is 3.13. The monoisotopic (exact) mass is 334 g/mol. The molecule has 2 aliphatic rings. The Labute approximate surface area is 141 Å². The Balaban J connectivity index is 1.71. The summed E-state index contributed by atoms with van der Waals surface area (Å²) in [4.78, 5) is 30.0. The van der Waals surface area contributed by atoms with Crippen LogP contribution in [-0.2, 0) is 9.59 Å². The minimum absolute atomic E-state index is 0.0364. The molecule has 5 nitrogen and oxygen atoms in total. The van der Waals surface area contributed by atoms with Gasteiger partial charge in [0, 0.05) is 0 Å². The Morgan fingerprint density at radius 3 is 2.70 bits per heavy atom. The van der Waals surface area contributed by atoms with Gasteiger partial charge in [0.2, 0.25) is 11.8 Å². The average Bonchev–Trinajstić information content (AvgIpc) is 2.89. The van der Waals surface area contributed by atoms with Crippen LogP contribution in [-0.4, -0.2) is 67.1 Å². The molecule has 1 aromatic carbocycles. The van der Waals surface area contributed by atoms with E-state index in [1.54, 1.807) is 16.7 Å². The normalized spacial score (nSPS) is 22.7. The molecule has 0 radical (unpaired) electrons. The van der Waals surface area contributed by atoms with Gasteiger partial charge in [0.05, 0.1) is 39.0 Å². The Morgan fingerprint density at radius 2 is 2.00 bits per heavy atom. The third-order valence-electron chi connectivity index (χ3n) is 4.70. The summed E-state index contributed by atoms with van der Waals surface area (Å²) in [5.41, 5.74) is 2.30. The molecule has 0 aromatic heterocycles. The van der Waals surface area contributed by atoms with Crippen LogP contribution in [0, 0.1) is 6.92 Å². The van der Waals surface area contributed by atoms with E-state index in [0.717, 1.165) is 31.7 Å². The van der Waals surface area contributed by atoms with Crippen LogP contribution < -0.4 is 4.90 Å². The van der Waals surface area contributed by atoms with Crippen molar-refractivity contribution >= 4 is 23.6 Å². The van der Waals surface area contributed by atoms with Crippen LogP contribution in [0.1, 0.15) is 16.5 Å². The minimum atomic E-state index is -0.0364. The molecule has 23 heavy (non-hydrogen) atoms. The first-order chi connectivity index (χ1) is 11.1. The van der Waals surface area contributed by atoms with Crippen molar-refractivity contribution in [3.8, 4) is 0 Å². The Bertz CT molecular complexity index is 599. The lowest BCUT2D eigenvalue weighted by Crippen LogP contribution is -3.12. The number of benzene rings is 1. The Kier molecular flexibility index (Phi) is 4.92. The van der Waals surface area contributed by atoms with Gasteiger partial charge in [0.25, 0.3) is 0 Å². The van der Waals surface area contributed by atoms with Crippen LogP contribution in [0.5, 0.6) is 0 Å². The smallest absolute Gasteiger partial charge is 0.242 e. The highest BCUT2D eigenvalue weighted by atomic mass is 32.2. The summed E-state index contributed by atoms with van der Waals surface area (Å²) < 4.78 is 0. The highest BCUT2D eigenvalue weighted by Gasteiger charge is 2.36. The third-order valence-corrected chi connectivity index (χ3v) is 5.94. The molecule has 1 N–H and O–H groups in total. The van der Waals surface area contributed by atoms with Gasteiger partial charge in [0.15, 0.2) is 0 Å². The maximum Gasteiger partial charge on any atom is 0.242 e. The largest absolute Gasteiger partial charge is 0.334 e. The predicted octanol–water partition coefficient (Wildman–Crippen LogP) is -0.0741. The molecule has 1 atom stereocenters. The van der Waals surface area contributed by atoms with Gasteiger partial charge < -0.3 is 14.7 Å². The first-order valence-corrected chi connectivity index (χ1v) is 9.17. The number of nitrogens with zero attached hydrogens (tertiary/aromatic N) is 2. The molecule has 3 rings (SSSR count). The van der Waals surface area contributed by atoms with E-state index in [2.05, 4.69) is 26.1 Å². The lowest BCUT2D eigenvalue weighted by molar-refractivity contribution is -0.883. The molecule has 2 fully saturated rings. The molecule has 0 aliphatic carbocycles. The van der Waals surface area contributed by atoms with Crippen molar-refractivity contribution in [2.45, 2.75) is 12.3 Å². The zero-order valence-corrected chi connectivity index (χ0v) is 14.6.